The van der Waals surface area contributed by atoms with Crippen molar-refractivity contribution < 1.29 is 4.52 Å². The molecule has 3 aromatic heterocycles. The van der Waals surface area contributed by atoms with E-state index in [1.807, 2.05) is 22.9 Å². The Morgan fingerprint density at radius 2 is 2.15 bits per heavy atom. The van der Waals surface area contributed by atoms with Crippen LogP contribution in [0.4, 0.5) is 0 Å². The number of pyridine rings is 1. The van der Waals surface area contributed by atoms with Gasteiger partial charge in [0.1, 0.15) is 12.1 Å². The second-order valence-corrected chi connectivity index (χ2v) is 8.02. The van der Waals surface area contributed by atoms with E-state index in [4.69, 9.17) is 4.52 Å². The molecule has 3 aromatic rings. The summed E-state index contributed by atoms with van der Waals surface area (Å²) >= 11 is 0. The van der Waals surface area contributed by atoms with Gasteiger partial charge in [0, 0.05) is 30.7 Å². The van der Waals surface area contributed by atoms with Crippen molar-refractivity contribution >= 4 is 0 Å². The number of rotatable bonds is 4. The Bertz CT molecular complexity index is 847. The highest BCUT2D eigenvalue weighted by molar-refractivity contribution is 5.53. The van der Waals surface area contributed by atoms with Gasteiger partial charge in [-0.3, -0.25) is 9.47 Å². The summed E-state index contributed by atoms with van der Waals surface area (Å²) in [5.41, 5.74) is 1.10. The minimum atomic E-state index is 0.216. The molecular weight excluding hydrogens is 328 g/mol. The summed E-state index contributed by atoms with van der Waals surface area (Å²) in [4.78, 5) is 15.6. The van der Waals surface area contributed by atoms with Crippen molar-refractivity contribution in [1.29, 1.82) is 0 Å². The van der Waals surface area contributed by atoms with Gasteiger partial charge in [-0.05, 0) is 36.9 Å². The SMILES string of the molecule is CC(C)(C)CN1CCCC1c1nc(-c2ccc(-n3ccnc3)nc2)no1. The Morgan fingerprint density at radius 1 is 1.27 bits per heavy atom. The number of hydrogen-bond acceptors (Lipinski definition) is 6. The van der Waals surface area contributed by atoms with Crippen molar-refractivity contribution in [2.75, 3.05) is 13.1 Å². The largest absolute Gasteiger partial charge is 0.337 e. The van der Waals surface area contributed by atoms with E-state index < -0.39 is 0 Å². The molecule has 26 heavy (non-hydrogen) atoms. The van der Waals surface area contributed by atoms with E-state index in [1.165, 1.54) is 6.42 Å². The van der Waals surface area contributed by atoms with Crippen molar-refractivity contribution in [3.8, 4) is 17.2 Å². The first kappa shape index (κ1) is 16.9. The first-order chi connectivity index (χ1) is 12.5. The van der Waals surface area contributed by atoms with Crippen molar-refractivity contribution in [3.05, 3.63) is 42.9 Å². The maximum Gasteiger partial charge on any atom is 0.244 e. The molecule has 1 unspecified atom stereocenters. The van der Waals surface area contributed by atoms with E-state index in [0.717, 1.165) is 30.9 Å². The average Bonchev–Trinajstić information content (AvgIpc) is 3.35. The zero-order valence-corrected chi connectivity index (χ0v) is 15.5. The van der Waals surface area contributed by atoms with Crippen LogP contribution in [-0.4, -0.2) is 42.7 Å². The Hall–Kier alpha value is -2.54. The summed E-state index contributed by atoms with van der Waals surface area (Å²) in [6.07, 6.45) is 9.31. The van der Waals surface area contributed by atoms with Crippen molar-refractivity contribution in [2.45, 2.75) is 39.7 Å². The van der Waals surface area contributed by atoms with Gasteiger partial charge in [0.05, 0.1) is 6.04 Å². The van der Waals surface area contributed by atoms with Crippen LogP contribution in [0.3, 0.4) is 0 Å². The van der Waals surface area contributed by atoms with E-state index in [0.29, 0.717) is 11.7 Å². The number of imidazole rings is 1. The summed E-state index contributed by atoms with van der Waals surface area (Å²) in [6.45, 7) is 8.89. The maximum atomic E-state index is 5.60. The lowest BCUT2D eigenvalue weighted by atomic mass is 9.96. The van der Waals surface area contributed by atoms with Crippen LogP contribution in [0, 0.1) is 5.41 Å². The third kappa shape index (κ3) is 3.53. The molecule has 1 aliphatic heterocycles. The third-order valence-corrected chi connectivity index (χ3v) is 4.54. The Morgan fingerprint density at radius 3 is 2.85 bits per heavy atom. The molecule has 1 saturated heterocycles. The molecule has 4 rings (SSSR count). The zero-order chi connectivity index (χ0) is 18.1. The van der Waals surface area contributed by atoms with Crippen molar-refractivity contribution in [2.24, 2.45) is 5.41 Å². The van der Waals surface area contributed by atoms with Gasteiger partial charge in [-0.2, -0.15) is 4.98 Å². The topological polar surface area (TPSA) is 72.9 Å². The quantitative estimate of drug-likeness (QED) is 0.715. The summed E-state index contributed by atoms with van der Waals surface area (Å²) in [5.74, 6) is 2.11. The monoisotopic (exact) mass is 352 g/mol. The van der Waals surface area contributed by atoms with Crippen LogP contribution in [0.1, 0.15) is 45.5 Å². The highest BCUT2D eigenvalue weighted by atomic mass is 16.5. The van der Waals surface area contributed by atoms with Crippen LogP contribution in [0.5, 0.6) is 0 Å². The fourth-order valence-electron chi connectivity index (χ4n) is 3.46. The van der Waals surface area contributed by atoms with Crippen LogP contribution in [-0.2, 0) is 0 Å². The van der Waals surface area contributed by atoms with Crippen LogP contribution in [0.25, 0.3) is 17.2 Å². The van der Waals surface area contributed by atoms with Gasteiger partial charge >= 0.3 is 0 Å². The number of nitrogens with zero attached hydrogens (tertiary/aromatic N) is 6. The first-order valence-corrected chi connectivity index (χ1v) is 9.02. The average molecular weight is 352 g/mol. The highest BCUT2D eigenvalue weighted by Gasteiger charge is 2.33. The van der Waals surface area contributed by atoms with Crippen LogP contribution in [0.15, 0.2) is 41.6 Å². The maximum absolute atomic E-state index is 5.60. The summed E-state index contributed by atoms with van der Waals surface area (Å²) in [5, 5.41) is 4.18. The third-order valence-electron chi connectivity index (χ3n) is 4.54. The van der Waals surface area contributed by atoms with E-state index in [9.17, 15) is 0 Å². The van der Waals surface area contributed by atoms with Gasteiger partial charge in [0.15, 0.2) is 0 Å². The second-order valence-electron chi connectivity index (χ2n) is 8.02. The van der Waals surface area contributed by atoms with Crippen molar-refractivity contribution in [3.63, 3.8) is 0 Å². The number of hydrogen-bond donors (Lipinski definition) is 0. The summed E-state index contributed by atoms with van der Waals surface area (Å²) in [6, 6.07) is 4.10. The fraction of sp³-hybridized carbons (Fsp3) is 0.474. The molecule has 0 amide bonds. The van der Waals surface area contributed by atoms with Gasteiger partial charge in [0.2, 0.25) is 11.7 Å². The molecule has 0 aliphatic carbocycles. The molecule has 1 atom stereocenters. The predicted molar refractivity (Wildman–Crippen MR) is 97.7 cm³/mol. The molecule has 0 spiro atoms. The Kier molecular flexibility index (Phi) is 4.32. The van der Waals surface area contributed by atoms with Crippen molar-refractivity contribution in [1.82, 2.24) is 29.6 Å². The molecular formula is C19H24N6O. The first-order valence-electron chi connectivity index (χ1n) is 9.02. The number of aromatic nitrogens is 5. The van der Waals surface area contributed by atoms with E-state index in [-0.39, 0.29) is 11.5 Å². The van der Waals surface area contributed by atoms with Gasteiger partial charge < -0.3 is 4.52 Å². The van der Waals surface area contributed by atoms with Crippen LogP contribution < -0.4 is 0 Å². The van der Waals surface area contributed by atoms with Crippen LogP contribution in [0.2, 0.25) is 0 Å². The molecule has 1 aliphatic rings. The van der Waals surface area contributed by atoms with E-state index in [1.54, 1.807) is 18.7 Å². The van der Waals surface area contributed by atoms with Crippen LogP contribution >= 0.6 is 0 Å². The van der Waals surface area contributed by atoms with Gasteiger partial charge in [-0.25, -0.2) is 9.97 Å². The molecule has 0 bridgehead atoms. The minimum Gasteiger partial charge on any atom is -0.337 e. The zero-order valence-electron chi connectivity index (χ0n) is 15.5. The lowest BCUT2D eigenvalue weighted by Crippen LogP contribution is -2.32. The molecule has 4 heterocycles. The van der Waals surface area contributed by atoms with Gasteiger partial charge in [-0.1, -0.05) is 25.9 Å². The fourth-order valence-corrected chi connectivity index (χ4v) is 3.46. The Labute approximate surface area is 153 Å². The number of likely N-dealkylation sites (tertiary alicyclic amines) is 1. The molecule has 7 nitrogen and oxygen atoms in total. The summed E-state index contributed by atoms with van der Waals surface area (Å²) < 4.78 is 7.46. The smallest absolute Gasteiger partial charge is 0.244 e. The van der Waals surface area contributed by atoms with Gasteiger partial charge in [-0.15, -0.1) is 0 Å². The molecule has 0 saturated carbocycles. The lowest BCUT2D eigenvalue weighted by molar-refractivity contribution is 0.153. The van der Waals surface area contributed by atoms with Gasteiger partial charge in [0.25, 0.3) is 0 Å². The highest BCUT2D eigenvalue weighted by Crippen LogP contribution is 2.34. The molecule has 0 N–H and O–H groups in total. The van der Waals surface area contributed by atoms with E-state index >= 15 is 0 Å². The Balaban J connectivity index is 1.52. The molecule has 0 aromatic carbocycles. The predicted octanol–water partition coefficient (Wildman–Crippen LogP) is 3.50. The molecule has 0 radical (unpaired) electrons. The van der Waals surface area contributed by atoms with E-state index in [2.05, 4.69) is 45.8 Å². The lowest BCUT2D eigenvalue weighted by Gasteiger charge is -2.29. The molecule has 1 fully saturated rings. The molecule has 7 heteroatoms. The normalized spacial score (nSPS) is 18.5. The summed E-state index contributed by atoms with van der Waals surface area (Å²) in [7, 11) is 0. The molecule has 136 valence electrons. The standard InChI is InChI=1S/C19H24N6O/c1-19(2,3)12-24-9-4-5-15(24)18-22-17(23-26-18)14-6-7-16(21-11-14)25-10-8-20-13-25/h6-8,10-11,13,15H,4-5,9,12H2,1-3H3. The minimum absolute atomic E-state index is 0.216. The second kappa shape index (κ2) is 6.64.